The lowest BCUT2D eigenvalue weighted by Crippen LogP contribution is -2.25. The lowest BCUT2D eigenvalue weighted by Gasteiger charge is -2.01. The van der Waals surface area contributed by atoms with E-state index in [2.05, 4.69) is 31.0 Å². The molecule has 0 spiro atoms. The Morgan fingerprint density at radius 3 is 1.83 bits per heavy atom. The van der Waals surface area contributed by atoms with Gasteiger partial charge in [0, 0.05) is 0 Å². The van der Waals surface area contributed by atoms with Gasteiger partial charge in [0.05, 0.1) is 18.8 Å². The second-order valence-corrected chi connectivity index (χ2v) is 5.63. The molecule has 2 aromatic carbocycles. The molecular formula is C19H14F2N6O2. The van der Waals surface area contributed by atoms with E-state index in [1.807, 2.05) is 0 Å². The molecule has 0 aliphatic heterocycles. The van der Waals surface area contributed by atoms with Crippen LogP contribution in [0.1, 0.15) is 32.1 Å². The third-order valence-corrected chi connectivity index (χ3v) is 3.58. The maximum atomic E-state index is 12.9. The highest BCUT2D eigenvalue weighted by molar-refractivity contribution is 6.05. The van der Waals surface area contributed by atoms with Gasteiger partial charge in [-0.15, -0.1) is 0 Å². The average molecular weight is 396 g/mol. The lowest BCUT2D eigenvalue weighted by atomic mass is 10.2. The smallest absolute Gasteiger partial charge is 0.292 e. The summed E-state index contributed by atoms with van der Waals surface area (Å²) in [5.41, 5.74) is 5.32. The minimum atomic E-state index is -0.725. The molecule has 0 saturated heterocycles. The topological polar surface area (TPSA) is 112 Å². The molecule has 1 aromatic heterocycles. The van der Waals surface area contributed by atoms with Crippen LogP contribution in [0.4, 0.5) is 8.78 Å². The van der Waals surface area contributed by atoms with Gasteiger partial charge in [-0.05, 0) is 35.4 Å². The Morgan fingerprint density at radius 1 is 0.828 bits per heavy atom. The summed E-state index contributed by atoms with van der Waals surface area (Å²) in [5, 5.41) is 7.49. The highest BCUT2D eigenvalue weighted by Crippen LogP contribution is 2.04. The zero-order valence-electron chi connectivity index (χ0n) is 14.8. The van der Waals surface area contributed by atoms with Crippen molar-refractivity contribution in [1.29, 1.82) is 0 Å². The zero-order chi connectivity index (χ0) is 20.6. The molecule has 0 aliphatic carbocycles. The first-order valence-corrected chi connectivity index (χ1v) is 8.24. The number of carbonyl (C=O) groups excluding carboxylic acids is 2. The molecule has 8 nitrogen and oxygen atoms in total. The number of H-pyrrole nitrogens is 1. The van der Waals surface area contributed by atoms with Gasteiger partial charge in [-0.2, -0.15) is 10.2 Å². The zero-order valence-corrected chi connectivity index (χ0v) is 14.8. The van der Waals surface area contributed by atoms with Crippen molar-refractivity contribution in [2.45, 2.75) is 0 Å². The van der Waals surface area contributed by atoms with Gasteiger partial charge in [0.2, 0.25) is 0 Å². The molecule has 0 fully saturated rings. The molecule has 0 unspecified atom stereocenters. The lowest BCUT2D eigenvalue weighted by molar-refractivity contribution is 0.0915. The van der Waals surface area contributed by atoms with E-state index in [1.54, 1.807) is 0 Å². The standard InChI is InChI=1S/C19H14F2N6O2/c20-14-5-1-12(2-6-14)9-24-26-18(28)16-17(23-11-22-16)19(29)27-25-10-13-3-7-15(21)8-4-13/h1-11H,(H,22,23)(H,26,28)(H,27,29)/b24-9-,25-10-. The van der Waals surface area contributed by atoms with Crippen LogP contribution < -0.4 is 10.9 Å². The molecule has 0 bridgehead atoms. The summed E-state index contributed by atoms with van der Waals surface area (Å²) in [5.74, 6) is -2.20. The third kappa shape index (κ3) is 5.39. The summed E-state index contributed by atoms with van der Waals surface area (Å²) in [7, 11) is 0. The molecule has 146 valence electrons. The molecule has 0 saturated carbocycles. The molecule has 0 atom stereocenters. The Labute approximate surface area is 163 Å². The van der Waals surface area contributed by atoms with Gasteiger partial charge in [0.15, 0.2) is 5.69 Å². The van der Waals surface area contributed by atoms with Crippen LogP contribution in [0.25, 0.3) is 0 Å². The van der Waals surface area contributed by atoms with E-state index < -0.39 is 11.8 Å². The van der Waals surface area contributed by atoms with E-state index in [0.29, 0.717) is 11.1 Å². The maximum absolute atomic E-state index is 12.9. The average Bonchev–Trinajstić information content (AvgIpc) is 3.21. The largest absolute Gasteiger partial charge is 0.340 e. The molecule has 0 aliphatic rings. The van der Waals surface area contributed by atoms with Gasteiger partial charge in [-0.25, -0.2) is 24.6 Å². The van der Waals surface area contributed by atoms with Crippen LogP contribution in [0, 0.1) is 11.6 Å². The Kier molecular flexibility index (Phi) is 6.15. The van der Waals surface area contributed by atoms with Crippen molar-refractivity contribution >= 4 is 24.2 Å². The van der Waals surface area contributed by atoms with Gasteiger partial charge in [-0.3, -0.25) is 9.59 Å². The quantitative estimate of drug-likeness (QED) is 0.439. The number of imidazole rings is 1. The van der Waals surface area contributed by atoms with Crippen molar-refractivity contribution in [3.63, 3.8) is 0 Å². The summed E-state index contributed by atoms with van der Waals surface area (Å²) in [6.07, 6.45) is 3.81. The molecule has 0 radical (unpaired) electrons. The number of aromatic amines is 1. The first kappa shape index (κ1) is 19.5. The van der Waals surface area contributed by atoms with Gasteiger partial charge >= 0.3 is 0 Å². The van der Waals surface area contributed by atoms with Gasteiger partial charge < -0.3 is 4.98 Å². The van der Waals surface area contributed by atoms with Crippen molar-refractivity contribution in [2.75, 3.05) is 0 Å². The van der Waals surface area contributed by atoms with Crippen molar-refractivity contribution in [1.82, 2.24) is 20.8 Å². The number of halogens is 2. The molecule has 2 amide bonds. The number of amides is 2. The van der Waals surface area contributed by atoms with E-state index in [-0.39, 0.29) is 23.0 Å². The van der Waals surface area contributed by atoms with Crippen LogP contribution in [0.3, 0.4) is 0 Å². The van der Waals surface area contributed by atoms with E-state index in [4.69, 9.17) is 0 Å². The summed E-state index contributed by atoms with van der Waals surface area (Å²) < 4.78 is 25.7. The molecule has 10 heteroatoms. The molecule has 1 heterocycles. The number of rotatable bonds is 6. The van der Waals surface area contributed by atoms with Crippen LogP contribution in [0.5, 0.6) is 0 Å². The predicted molar refractivity (Wildman–Crippen MR) is 102 cm³/mol. The Hall–Kier alpha value is -4.21. The van der Waals surface area contributed by atoms with Gasteiger partial charge in [-0.1, -0.05) is 24.3 Å². The SMILES string of the molecule is O=C(N/N=C\c1ccc(F)cc1)c1nc[nH]c1C(=O)N/N=C\c1ccc(F)cc1. The highest BCUT2D eigenvalue weighted by atomic mass is 19.1. The minimum Gasteiger partial charge on any atom is -0.340 e. The number of hydrogen-bond acceptors (Lipinski definition) is 5. The fraction of sp³-hybridized carbons (Fsp3) is 0. The Bertz CT molecular complexity index is 975. The van der Waals surface area contributed by atoms with Crippen molar-refractivity contribution < 1.29 is 18.4 Å². The first-order chi connectivity index (χ1) is 14.0. The number of nitrogens with zero attached hydrogens (tertiary/aromatic N) is 3. The monoisotopic (exact) mass is 396 g/mol. The summed E-state index contributed by atoms with van der Waals surface area (Å²) >= 11 is 0. The Balaban J connectivity index is 1.60. The van der Waals surface area contributed by atoms with Crippen LogP contribution in [0.2, 0.25) is 0 Å². The number of benzene rings is 2. The van der Waals surface area contributed by atoms with E-state index in [9.17, 15) is 18.4 Å². The van der Waals surface area contributed by atoms with Crippen LogP contribution >= 0.6 is 0 Å². The fourth-order valence-electron chi connectivity index (χ4n) is 2.18. The van der Waals surface area contributed by atoms with Gasteiger partial charge in [0.25, 0.3) is 11.8 Å². The second kappa shape index (κ2) is 9.13. The summed E-state index contributed by atoms with van der Waals surface area (Å²) in [4.78, 5) is 30.7. The van der Waals surface area contributed by atoms with E-state index >= 15 is 0 Å². The van der Waals surface area contributed by atoms with Gasteiger partial charge in [0.1, 0.15) is 17.3 Å². The van der Waals surface area contributed by atoms with E-state index in [0.717, 1.165) is 0 Å². The predicted octanol–water partition coefficient (Wildman–Crippen LogP) is 2.22. The third-order valence-electron chi connectivity index (χ3n) is 3.58. The molecule has 3 aromatic rings. The minimum absolute atomic E-state index is 0.115. The van der Waals surface area contributed by atoms with Crippen molar-refractivity contribution in [3.05, 3.63) is 89.0 Å². The molecule has 3 rings (SSSR count). The fourth-order valence-corrected chi connectivity index (χ4v) is 2.18. The summed E-state index contributed by atoms with van der Waals surface area (Å²) in [6.45, 7) is 0. The van der Waals surface area contributed by atoms with Crippen LogP contribution in [0.15, 0.2) is 65.1 Å². The van der Waals surface area contributed by atoms with Crippen molar-refractivity contribution in [3.8, 4) is 0 Å². The van der Waals surface area contributed by atoms with Crippen LogP contribution in [-0.2, 0) is 0 Å². The molecule has 29 heavy (non-hydrogen) atoms. The highest BCUT2D eigenvalue weighted by Gasteiger charge is 2.19. The number of nitrogens with one attached hydrogen (secondary N) is 3. The van der Waals surface area contributed by atoms with E-state index in [1.165, 1.54) is 67.3 Å². The second-order valence-electron chi connectivity index (χ2n) is 5.63. The van der Waals surface area contributed by atoms with Crippen molar-refractivity contribution in [2.24, 2.45) is 10.2 Å². The molecule has 3 N–H and O–H groups in total. The number of hydrogen-bond donors (Lipinski definition) is 3. The summed E-state index contributed by atoms with van der Waals surface area (Å²) in [6, 6.07) is 11.0. The number of aromatic nitrogens is 2. The maximum Gasteiger partial charge on any atom is 0.292 e. The van der Waals surface area contributed by atoms with Crippen LogP contribution in [-0.4, -0.2) is 34.2 Å². The number of carbonyl (C=O) groups is 2. The number of hydrazone groups is 2. The normalized spacial score (nSPS) is 11.1. The first-order valence-electron chi connectivity index (χ1n) is 8.24. The Morgan fingerprint density at radius 2 is 1.31 bits per heavy atom. The molecular weight excluding hydrogens is 382 g/mol.